The summed E-state index contributed by atoms with van der Waals surface area (Å²) >= 11 is 12.1. The average Bonchev–Trinajstić information content (AvgIpc) is 3.10. The van der Waals surface area contributed by atoms with Crippen molar-refractivity contribution in [1.82, 2.24) is 9.80 Å². The number of fused-ring (bicyclic) bond motifs is 2. The molecule has 2 N–H and O–H groups in total. The normalized spacial score (nSPS) is 15.3. The van der Waals surface area contributed by atoms with E-state index in [2.05, 4.69) is 21.9 Å². The summed E-state index contributed by atoms with van der Waals surface area (Å²) < 4.78 is 21.9. The molecule has 9 nitrogen and oxygen atoms in total. The van der Waals surface area contributed by atoms with E-state index in [-0.39, 0.29) is 42.4 Å². The Morgan fingerprint density at radius 3 is 1.10 bits per heavy atom. The average molecular weight is 781 g/mol. The highest BCUT2D eigenvalue weighted by molar-refractivity contribution is 6.30. The van der Waals surface area contributed by atoms with Crippen LogP contribution >= 0.6 is 48.0 Å². The van der Waals surface area contributed by atoms with Crippen LogP contribution in [0, 0.1) is 0 Å². The van der Waals surface area contributed by atoms with Gasteiger partial charge in [-0.15, -0.1) is 24.8 Å². The zero-order valence-corrected chi connectivity index (χ0v) is 33.1. The smallest absolute Gasteiger partial charge is 0.161 e. The first kappa shape index (κ1) is 43.3. The van der Waals surface area contributed by atoms with Crippen LogP contribution in [0.15, 0.2) is 82.8 Å². The lowest BCUT2D eigenvalue weighted by Crippen LogP contribution is -2.28. The maximum absolute atomic E-state index is 6.04. The molecule has 6 rings (SSSR count). The van der Waals surface area contributed by atoms with Crippen LogP contribution in [-0.4, -0.2) is 83.6 Å². The van der Waals surface area contributed by atoms with Gasteiger partial charge in [0.1, 0.15) is 23.8 Å². The maximum atomic E-state index is 6.04. The van der Waals surface area contributed by atoms with Gasteiger partial charge in [0.2, 0.25) is 0 Å². The standard InChI is InChI=1S/2C19H21ClN2O2.2ClH.H2O/c2*1-22(2)18-10-13-9-16(23-3)17(24-4)11-15(13)19(21-18)12-5-7-14(20)8-6-12;;;/h2*5-9,11,19H,10H2,1-4H3;2*1H;1H2. The van der Waals surface area contributed by atoms with Crippen molar-refractivity contribution < 1.29 is 24.4 Å². The quantitative estimate of drug-likeness (QED) is 0.197. The van der Waals surface area contributed by atoms with E-state index in [1.165, 1.54) is 11.1 Å². The summed E-state index contributed by atoms with van der Waals surface area (Å²) in [6.45, 7) is 0. The minimum absolute atomic E-state index is 0. The number of amidine groups is 2. The fraction of sp³-hybridized carbons (Fsp3) is 0.316. The third-order valence-electron chi connectivity index (χ3n) is 8.54. The number of nitrogens with zero attached hydrogens (tertiary/aromatic N) is 4. The van der Waals surface area contributed by atoms with Gasteiger partial charge in [0.25, 0.3) is 0 Å². The van der Waals surface area contributed by atoms with Gasteiger partial charge in [0.15, 0.2) is 23.0 Å². The second-order valence-corrected chi connectivity index (χ2v) is 12.8. The summed E-state index contributed by atoms with van der Waals surface area (Å²) in [7, 11) is 14.7. The minimum atomic E-state index is -0.0803. The highest BCUT2D eigenvalue weighted by Crippen LogP contribution is 2.41. The van der Waals surface area contributed by atoms with E-state index in [4.69, 9.17) is 52.1 Å². The van der Waals surface area contributed by atoms with Crippen molar-refractivity contribution >= 4 is 59.7 Å². The molecule has 2 unspecified atom stereocenters. The zero-order chi connectivity index (χ0) is 34.5. The summed E-state index contributed by atoms with van der Waals surface area (Å²) in [4.78, 5) is 14.0. The molecule has 13 heteroatoms. The van der Waals surface area contributed by atoms with Crippen molar-refractivity contribution in [1.29, 1.82) is 0 Å². The van der Waals surface area contributed by atoms with Crippen LogP contribution in [0.5, 0.6) is 23.0 Å². The van der Waals surface area contributed by atoms with Gasteiger partial charge in [-0.1, -0.05) is 47.5 Å². The van der Waals surface area contributed by atoms with Crippen molar-refractivity contribution in [2.45, 2.75) is 24.9 Å². The van der Waals surface area contributed by atoms with Crippen LogP contribution in [0.2, 0.25) is 10.0 Å². The Morgan fingerprint density at radius 1 is 0.529 bits per heavy atom. The molecule has 0 amide bonds. The minimum Gasteiger partial charge on any atom is -0.493 e. The Kier molecular flexibility index (Phi) is 16.2. The second-order valence-electron chi connectivity index (χ2n) is 12.0. The molecule has 2 aliphatic heterocycles. The molecule has 0 spiro atoms. The van der Waals surface area contributed by atoms with Crippen LogP contribution < -0.4 is 18.9 Å². The van der Waals surface area contributed by atoms with Crippen molar-refractivity contribution in [2.75, 3.05) is 56.6 Å². The number of aliphatic imine (C=N–C) groups is 2. The van der Waals surface area contributed by atoms with E-state index in [0.29, 0.717) is 0 Å². The Balaban J connectivity index is 0.000000334. The summed E-state index contributed by atoms with van der Waals surface area (Å²) in [5, 5.41) is 1.44. The van der Waals surface area contributed by atoms with Gasteiger partial charge in [0.05, 0.1) is 28.4 Å². The van der Waals surface area contributed by atoms with Crippen molar-refractivity contribution in [3.8, 4) is 23.0 Å². The molecule has 0 saturated carbocycles. The molecule has 51 heavy (non-hydrogen) atoms. The summed E-state index contributed by atoms with van der Waals surface area (Å²) in [5.74, 6) is 5.00. The molecule has 2 aliphatic rings. The number of benzene rings is 4. The molecule has 0 radical (unpaired) electrons. The molecule has 2 atom stereocenters. The lowest BCUT2D eigenvalue weighted by Gasteiger charge is -2.28. The summed E-state index contributed by atoms with van der Waals surface area (Å²) in [6.07, 6.45) is 1.54. The van der Waals surface area contributed by atoms with E-state index in [1.54, 1.807) is 28.4 Å². The van der Waals surface area contributed by atoms with E-state index in [9.17, 15) is 0 Å². The Bertz CT molecular complexity index is 1680. The molecule has 4 aromatic carbocycles. The SMILES string of the molecule is COc1cc2c(cc1OC)C(c1ccc(Cl)cc1)N=C(N(C)C)C2.COc1cc2c(cc1OC)C(c1ccc(Cl)cc1)N=C(N(C)C)C2.Cl.Cl.O. The molecule has 0 saturated heterocycles. The van der Waals surface area contributed by atoms with Crippen LogP contribution in [0.1, 0.15) is 45.5 Å². The second kappa shape index (κ2) is 19.1. The Morgan fingerprint density at radius 2 is 0.824 bits per heavy atom. The van der Waals surface area contributed by atoms with Gasteiger partial charge in [-0.2, -0.15) is 0 Å². The molecule has 2 heterocycles. The third kappa shape index (κ3) is 9.73. The van der Waals surface area contributed by atoms with Crippen molar-refractivity contribution in [2.24, 2.45) is 9.98 Å². The van der Waals surface area contributed by atoms with Crippen LogP contribution in [0.4, 0.5) is 0 Å². The lowest BCUT2D eigenvalue weighted by molar-refractivity contribution is 0.354. The van der Waals surface area contributed by atoms with Crippen molar-refractivity contribution in [3.05, 3.63) is 116 Å². The molecule has 0 bridgehead atoms. The first-order valence-electron chi connectivity index (χ1n) is 15.5. The number of ether oxygens (including phenoxy) is 4. The Labute approximate surface area is 323 Å². The number of methoxy groups -OCH3 is 4. The molecule has 0 aliphatic carbocycles. The van der Waals surface area contributed by atoms with Crippen LogP contribution in [0.3, 0.4) is 0 Å². The molecule has 4 aromatic rings. The number of hydrogen-bond donors (Lipinski definition) is 0. The molecule has 276 valence electrons. The van der Waals surface area contributed by atoms with E-state index in [1.807, 2.05) is 88.9 Å². The summed E-state index contributed by atoms with van der Waals surface area (Å²) in [5.41, 5.74) is 6.89. The predicted molar refractivity (Wildman–Crippen MR) is 213 cm³/mol. The highest BCUT2D eigenvalue weighted by Gasteiger charge is 2.28. The predicted octanol–water partition coefficient (Wildman–Crippen LogP) is 7.94. The van der Waals surface area contributed by atoms with Gasteiger partial charge < -0.3 is 34.2 Å². The fourth-order valence-corrected chi connectivity index (χ4v) is 6.16. The number of hydrogen-bond acceptors (Lipinski definition) is 8. The molecular formula is C38H46Cl4N4O5. The Hall–Kier alpha value is -3.86. The number of rotatable bonds is 6. The third-order valence-corrected chi connectivity index (χ3v) is 9.04. The monoisotopic (exact) mass is 778 g/mol. The lowest BCUT2D eigenvalue weighted by atomic mass is 9.90. The maximum Gasteiger partial charge on any atom is 0.161 e. The van der Waals surface area contributed by atoms with Gasteiger partial charge in [-0.3, -0.25) is 9.98 Å². The first-order valence-corrected chi connectivity index (χ1v) is 16.3. The van der Waals surface area contributed by atoms with E-state index >= 15 is 0 Å². The largest absolute Gasteiger partial charge is 0.493 e. The molecule has 0 fully saturated rings. The van der Waals surface area contributed by atoms with Gasteiger partial charge >= 0.3 is 0 Å². The van der Waals surface area contributed by atoms with Crippen molar-refractivity contribution in [3.63, 3.8) is 0 Å². The van der Waals surface area contributed by atoms with Crippen LogP contribution in [0.25, 0.3) is 0 Å². The van der Waals surface area contributed by atoms with Gasteiger partial charge in [-0.05, 0) is 81.9 Å². The van der Waals surface area contributed by atoms with Gasteiger partial charge in [0, 0.05) is 51.1 Å². The van der Waals surface area contributed by atoms with E-state index < -0.39 is 0 Å². The number of likely N-dealkylation sites (N-methyl/N-ethyl adjacent to an activating group) is 2. The topological polar surface area (TPSA) is 99.6 Å². The first-order chi connectivity index (χ1) is 23.1. The number of halogens is 4. The fourth-order valence-electron chi connectivity index (χ4n) is 5.90. The summed E-state index contributed by atoms with van der Waals surface area (Å²) in [6, 6.07) is 23.7. The zero-order valence-electron chi connectivity index (χ0n) is 30.0. The highest BCUT2D eigenvalue weighted by atomic mass is 35.5. The van der Waals surface area contributed by atoms with E-state index in [0.717, 1.165) is 79.8 Å². The van der Waals surface area contributed by atoms with Gasteiger partial charge in [-0.25, -0.2) is 0 Å². The van der Waals surface area contributed by atoms with Crippen LogP contribution in [-0.2, 0) is 12.8 Å². The molecular weight excluding hydrogens is 734 g/mol. The molecule has 0 aromatic heterocycles.